The number of likely N-dealkylation sites (tertiary alicyclic amines) is 1. The number of unbranched alkanes of at least 4 members (excludes halogenated alkanes) is 1. The van der Waals surface area contributed by atoms with Crippen LogP contribution in [0.5, 0.6) is 0 Å². The van der Waals surface area contributed by atoms with Crippen LogP contribution in [0.3, 0.4) is 0 Å². The van der Waals surface area contributed by atoms with Crippen molar-refractivity contribution in [2.75, 3.05) is 19.6 Å². The first-order valence-corrected chi connectivity index (χ1v) is 10.2. The molecule has 0 bridgehead atoms. The van der Waals surface area contributed by atoms with Gasteiger partial charge in [0, 0.05) is 36.5 Å². The van der Waals surface area contributed by atoms with Crippen LogP contribution in [-0.2, 0) is 6.42 Å². The predicted octanol–water partition coefficient (Wildman–Crippen LogP) is 2.73. The van der Waals surface area contributed by atoms with Gasteiger partial charge in [-0.25, -0.2) is 5.10 Å². The van der Waals surface area contributed by atoms with Crippen LogP contribution in [0.15, 0.2) is 53.3 Å². The van der Waals surface area contributed by atoms with E-state index in [2.05, 4.69) is 22.4 Å². The average molecular weight is 390 g/mol. The van der Waals surface area contributed by atoms with Gasteiger partial charge in [0.2, 0.25) is 0 Å². The van der Waals surface area contributed by atoms with E-state index >= 15 is 0 Å². The molecular formula is C23H26N4O2. The van der Waals surface area contributed by atoms with Crippen molar-refractivity contribution in [1.29, 1.82) is 0 Å². The Kier molecular flexibility index (Phi) is 5.71. The van der Waals surface area contributed by atoms with Crippen LogP contribution in [0.25, 0.3) is 10.8 Å². The van der Waals surface area contributed by atoms with Gasteiger partial charge < -0.3 is 10.2 Å². The second-order valence-corrected chi connectivity index (χ2v) is 7.64. The molecule has 2 aromatic carbocycles. The zero-order chi connectivity index (χ0) is 20.2. The van der Waals surface area contributed by atoms with Crippen molar-refractivity contribution in [3.05, 3.63) is 75.7 Å². The zero-order valence-electron chi connectivity index (χ0n) is 16.6. The Morgan fingerprint density at radius 2 is 1.97 bits per heavy atom. The topological polar surface area (TPSA) is 78.1 Å². The summed E-state index contributed by atoms with van der Waals surface area (Å²) in [6.07, 6.45) is 2.90. The lowest BCUT2D eigenvalue weighted by Gasteiger charge is -2.40. The molecule has 3 aromatic rings. The van der Waals surface area contributed by atoms with Crippen LogP contribution in [0, 0.1) is 0 Å². The first-order valence-electron chi connectivity index (χ1n) is 10.2. The van der Waals surface area contributed by atoms with E-state index in [9.17, 15) is 9.59 Å². The molecule has 0 saturated carbocycles. The predicted molar refractivity (Wildman–Crippen MR) is 114 cm³/mol. The van der Waals surface area contributed by atoms with Gasteiger partial charge in [-0.05, 0) is 36.7 Å². The molecule has 1 amide bonds. The Hall–Kier alpha value is -2.99. The maximum atomic E-state index is 12.8. The molecule has 0 spiro atoms. The number of nitrogens with zero attached hydrogens (tertiary/aromatic N) is 2. The number of rotatable bonds is 7. The maximum absolute atomic E-state index is 12.8. The quantitative estimate of drug-likeness (QED) is 0.608. The van der Waals surface area contributed by atoms with E-state index in [-0.39, 0.29) is 11.5 Å². The molecule has 1 saturated heterocycles. The van der Waals surface area contributed by atoms with E-state index in [0.717, 1.165) is 36.3 Å². The Labute approximate surface area is 169 Å². The monoisotopic (exact) mass is 390 g/mol. The summed E-state index contributed by atoms with van der Waals surface area (Å²) < 4.78 is 0. The smallest absolute Gasteiger partial charge is 0.272 e. The molecule has 6 nitrogen and oxygen atoms in total. The van der Waals surface area contributed by atoms with Crippen LogP contribution in [-0.4, -0.2) is 46.7 Å². The van der Waals surface area contributed by atoms with Gasteiger partial charge in [0.15, 0.2) is 0 Å². The fourth-order valence-corrected chi connectivity index (χ4v) is 3.75. The van der Waals surface area contributed by atoms with Crippen LogP contribution < -0.4 is 10.9 Å². The van der Waals surface area contributed by atoms with Crippen molar-refractivity contribution in [3.63, 3.8) is 0 Å². The molecule has 0 radical (unpaired) electrons. The third-order valence-corrected chi connectivity index (χ3v) is 5.45. The zero-order valence-corrected chi connectivity index (χ0v) is 16.6. The number of hydrogen-bond donors (Lipinski definition) is 2. The summed E-state index contributed by atoms with van der Waals surface area (Å²) in [5.41, 5.74) is 2.31. The highest BCUT2D eigenvalue weighted by Gasteiger charge is 2.30. The number of amides is 1. The summed E-state index contributed by atoms with van der Waals surface area (Å²) in [6, 6.07) is 15.6. The Bertz CT molecular complexity index is 1070. The van der Waals surface area contributed by atoms with Gasteiger partial charge in [0.05, 0.1) is 11.1 Å². The van der Waals surface area contributed by atoms with E-state index in [4.69, 9.17) is 0 Å². The SMILES string of the molecule is CCCCNC1CN(C(=O)c2cccc(Cc3n[nH]c(=O)c4ccccc34)c2)C1. The molecule has 0 unspecified atom stereocenters. The molecule has 2 heterocycles. The van der Waals surface area contributed by atoms with Crippen molar-refractivity contribution in [3.8, 4) is 0 Å². The number of aromatic nitrogens is 2. The molecular weight excluding hydrogens is 364 g/mol. The van der Waals surface area contributed by atoms with E-state index in [0.29, 0.717) is 23.4 Å². The number of benzene rings is 2. The van der Waals surface area contributed by atoms with Gasteiger partial charge in [-0.1, -0.05) is 43.7 Å². The Morgan fingerprint density at radius 1 is 1.17 bits per heavy atom. The molecule has 0 atom stereocenters. The summed E-state index contributed by atoms with van der Waals surface area (Å²) in [7, 11) is 0. The lowest BCUT2D eigenvalue weighted by molar-refractivity contribution is 0.0567. The number of carbonyl (C=O) groups is 1. The summed E-state index contributed by atoms with van der Waals surface area (Å²) in [5, 5.41) is 11.8. The molecule has 1 aliphatic rings. The van der Waals surface area contributed by atoms with E-state index in [1.165, 1.54) is 12.8 Å². The highest BCUT2D eigenvalue weighted by Crippen LogP contribution is 2.19. The largest absolute Gasteiger partial charge is 0.335 e. The molecule has 0 aliphatic carbocycles. The maximum Gasteiger partial charge on any atom is 0.272 e. The molecule has 1 aromatic heterocycles. The van der Waals surface area contributed by atoms with Gasteiger partial charge in [-0.2, -0.15) is 5.10 Å². The summed E-state index contributed by atoms with van der Waals surface area (Å²) in [5.74, 6) is 0.0691. The third kappa shape index (κ3) is 4.22. The van der Waals surface area contributed by atoms with Gasteiger partial charge >= 0.3 is 0 Å². The lowest BCUT2D eigenvalue weighted by Crippen LogP contribution is -2.59. The fraction of sp³-hybridized carbons (Fsp3) is 0.348. The average Bonchev–Trinajstić information content (AvgIpc) is 2.72. The molecule has 1 fully saturated rings. The molecule has 150 valence electrons. The van der Waals surface area contributed by atoms with Crippen LogP contribution in [0.2, 0.25) is 0 Å². The second kappa shape index (κ2) is 8.57. The van der Waals surface area contributed by atoms with Gasteiger partial charge in [-0.15, -0.1) is 0 Å². The molecule has 29 heavy (non-hydrogen) atoms. The van der Waals surface area contributed by atoms with Crippen molar-refractivity contribution in [2.45, 2.75) is 32.2 Å². The Morgan fingerprint density at radius 3 is 2.76 bits per heavy atom. The number of nitrogens with one attached hydrogen (secondary N) is 2. The summed E-state index contributed by atoms with van der Waals surface area (Å²) in [6.45, 7) is 4.72. The molecule has 6 heteroatoms. The molecule has 2 N–H and O–H groups in total. The number of aromatic amines is 1. The normalized spacial score (nSPS) is 14.2. The van der Waals surface area contributed by atoms with Crippen molar-refractivity contribution < 1.29 is 4.79 Å². The number of fused-ring (bicyclic) bond motifs is 1. The standard InChI is InChI=1S/C23H26N4O2/c1-2-3-11-24-18-14-27(15-18)23(29)17-8-6-7-16(12-17)13-21-19-9-4-5-10-20(19)22(28)26-25-21/h4-10,12,18,24H,2-3,11,13-15H2,1H3,(H,26,28). The third-order valence-electron chi connectivity index (χ3n) is 5.45. The van der Waals surface area contributed by atoms with E-state index < -0.39 is 0 Å². The number of carbonyl (C=O) groups excluding carboxylic acids is 1. The van der Waals surface area contributed by atoms with E-state index in [1.54, 1.807) is 6.07 Å². The second-order valence-electron chi connectivity index (χ2n) is 7.64. The molecule has 4 rings (SSSR count). The van der Waals surface area contributed by atoms with Crippen LogP contribution in [0.1, 0.15) is 41.4 Å². The molecule has 1 aliphatic heterocycles. The summed E-state index contributed by atoms with van der Waals surface area (Å²) in [4.78, 5) is 26.7. The Balaban J connectivity index is 1.46. The van der Waals surface area contributed by atoms with Crippen molar-refractivity contribution in [2.24, 2.45) is 0 Å². The minimum atomic E-state index is -0.187. The first kappa shape index (κ1) is 19.3. The van der Waals surface area contributed by atoms with Gasteiger partial charge in [0.1, 0.15) is 0 Å². The summed E-state index contributed by atoms with van der Waals surface area (Å²) >= 11 is 0. The van der Waals surface area contributed by atoms with Crippen molar-refractivity contribution >= 4 is 16.7 Å². The van der Waals surface area contributed by atoms with E-state index in [1.807, 2.05) is 47.4 Å². The highest BCUT2D eigenvalue weighted by molar-refractivity contribution is 5.95. The first-order chi connectivity index (χ1) is 14.2. The van der Waals surface area contributed by atoms with Gasteiger partial charge in [-0.3, -0.25) is 9.59 Å². The lowest BCUT2D eigenvalue weighted by atomic mass is 10.0. The van der Waals surface area contributed by atoms with Crippen molar-refractivity contribution in [1.82, 2.24) is 20.4 Å². The van der Waals surface area contributed by atoms with Crippen LogP contribution >= 0.6 is 0 Å². The fourth-order valence-electron chi connectivity index (χ4n) is 3.75. The highest BCUT2D eigenvalue weighted by atomic mass is 16.2. The van der Waals surface area contributed by atoms with Crippen LogP contribution in [0.4, 0.5) is 0 Å². The van der Waals surface area contributed by atoms with Gasteiger partial charge in [0.25, 0.3) is 11.5 Å². The minimum Gasteiger partial charge on any atom is -0.335 e. The number of hydrogen-bond acceptors (Lipinski definition) is 4. The minimum absolute atomic E-state index is 0.0691. The number of H-pyrrole nitrogens is 1.